The molecule has 38 heavy (non-hydrogen) atoms. The maximum Gasteiger partial charge on any atom is 0.256 e. The smallest absolute Gasteiger partial charge is 0.256 e. The van der Waals surface area contributed by atoms with Crippen molar-refractivity contribution in [2.24, 2.45) is 17.8 Å². The molecule has 2 aliphatic heterocycles. The standard InChI is InChI=1S/C28H34FN5O4/c1-34(2)26(35)17-11-24(38-4)23(12-20(17)29)30-25-16-7-5-14(9-22(16)32-33-25)19-13-28(19)18-10-15(37-3)6-8-21(18)31-27(28)36/h6,8,10-12,14,16,19,22,25,30,32-33H,5,7,9,13H2,1-4H3,(H,31,36)/t14?,16?,19-,22?,25?,28-/m0/s1. The van der Waals surface area contributed by atoms with Crippen LogP contribution < -0.4 is 31.0 Å². The molecule has 4 aliphatic rings. The molecule has 9 nitrogen and oxygen atoms in total. The monoisotopic (exact) mass is 523 g/mol. The van der Waals surface area contributed by atoms with E-state index in [9.17, 15) is 14.0 Å². The number of hydrazine groups is 1. The van der Waals surface area contributed by atoms with Crippen LogP contribution >= 0.6 is 0 Å². The molecule has 4 unspecified atom stereocenters. The predicted octanol–water partition coefficient (Wildman–Crippen LogP) is 3.09. The SMILES string of the molecule is COc1ccc2c(c1)[C@]1(C[C@H]1C1CCC3C(C1)NNC3Nc1cc(F)c(C(=O)N(C)C)cc1OC)C(=O)N2. The lowest BCUT2D eigenvalue weighted by atomic mass is 9.74. The van der Waals surface area contributed by atoms with Gasteiger partial charge in [-0.1, -0.05) is 0 Å². The van der Waals surface area contributed by atoms with Crippen molar-refractivity contribution in [2.45, 2.75) is 43.3 Å². The molecule has 2 heterocycles. The molecule has 1 saturated heterocycles. The van der Waals surface area contributed by atoms with E-state index in [4.69, 9.17) is 9.47 Å². The number of anilines is 2. The van der Waals surface area contributed by atoms with E-state index in [1.54, 1.807) is 21.2 Å². The first-order valence-electron chi connectivity index (χ1n) is 13.1. The number of carbonyl (C=O) groups is 2. The van der Waals surface area contributed by atoms with Crippen molar-refractivity contribution in [1.82, 2.24) is 15.8 Å². The Morgan fingerprint density at radius 1 is 1.13 bits per heavy atom. The van der Waals surface area contributed by atoms with Crippen LogP contribution in [0.25, 0.3) is 0 Å². The molecule has 1 spiro atoms. The number of nitrogens with zero attached hydrogens (tertiary/aromatic N) is 1. The lowest BCUT2D eigenvalue weighted by Crippen LogP contribution is -2.39. The molecule has 2 aromatic rings. The van der Waals surface area contributed by atoms with E-state index in [2.05, 4.69) is 21.5 Å². The van der Waals surface area contributed by atoms with Gasteiger partial charge in [0, 0.05) is 37.8 Å². The summed E-state index contributed by atoms with van der Waals surface area (Å²) in [5, 5.41) is 6.48. The Kier molecular flexibility index (Phi) is 5.99. The number of amides is 2. The maximum atomic E-state index is 14.8. The number of carbonyl (C=O) groups excluding carboxylic acids is 2. The van der Waals surface area contributed by atoms with Crippen molar-refractivity contribution < 1.29 is 23.5 Å². The Morgan fingerprint density at radius 2 is 1.95 bits per heavy atom. The van der Waals surface area contributed by atoms with Crippen LogP contribution in [0.2, 0.25) is 0 Å². The summed E-state index contributed by atoms with van der Waals surface area (Å²) in [5.41, 5.74) is 8.77. The minimum absolute atomic E-state index is 0.0261. The van der Waals surface area contributed by atoms with Gasteiger partial charge in [-0.25, -0.2) is 9.82 Å². The summed E-state index contributed by atoms with van der Waals surface area (Å²) in [4.78, 5) is 26.8. The Labute approximate surface area is 221 Å². The molecule has 2 aromatic carbocycles. The number of methoxy groups -OCH3 is 2. The first-order valence-corrected chi connectivity index (χ1v) is 13.1. The van der Waals surface area contributed by atoms with Gasteiger partial charge in [-0.15, -0.1) is 0 Å². The van der Waals surface area contributed by atoms with E-state index in [0.29, 0.717) is 23.3 Å². The molecule has 0 aromatic heterocycles. The van der Waals surface area contributed by atoms with Gasteiger partial charge >= 0.3 is 0 Å². The summed E-state index contributed by atoms with van der Waals surface area (Å²) >= 11 is 0. The first-order chi connectivity index (χ1) is 18.3. The van der Waals surface area contributed by atoms with Gasteiger partial charge < -0.3 is 25.0 Å². The van der Waals surface area contributed by atoms with Gasteiger partial charge in [0.15, 0.2) is 0 Å². The van der Waals surface area contributed by atoms with Crippen LogP contribution in [0.15, 0.2) is 30.3 Å². The number of rotatable bonds is 6. The number of nitrogens with one attached hydrogen (secondary N) is 4. The lowest BCUT2D eigenvalue weighted by molar-refractivity contribution is -0.118. The van der Waals surface area contributed by atoms with Crippen molar-refractivity contribution in [3.63, 3.8) is 0 Å². The third kappa shape index (κ3) is 3.80. The molecule has 2 aliphatic carbocycles. The second-order valence-electron chi connectivity index (χ2n) is 11.1. The van der Waals surface area contributed by atoms with Gasteiger partial charge in [-0.05, 0) is 67.3 Å². The number of fused-ring (bicyclic) bond motifs is 3. The molecule has 0 bridgehead atoms. The summed E-state index contributed by atoms with van der Waals surface area (Å²) in [6, 6.07) is 8.83. The molecular weight excluding hydrogens is 489 g/mol. The molecule has 2 amide bonds. The van der Waals surface area contributed by atoms with Crippen LogP contribution in [0.4, 0.5) is 15.8 Å². The third-order valence-electron chi connectivity index (χ3n) is 8.98. The molecule has 4 N–H and O–H groups in total. The van der Waals surface area contributed by atoms with Gasteiger partial charge in [0.05, 0.1) is 37.1 Å². The Morgan fingerprint density at radius 3 is 2.68 bits per heavy atom. The minimum atomic E-state index is -0.594. The summed E-state index contributed by atoms with van der Waals surface area (Å²) in [6.07, 6.45) is 3.68. The van der Waals surface area contributed by atoms with E-state index in [1.165, 1.54) is 24.1 Å². The number of hydrogen-bond acceptors (Lipinski definition) is 7. The fraction of sp³-hybridized carbons (Fsp3) is 0.500. The van der Waals surface area contributed by atoms with E-state index < -0.39 is 17.1 Å². The largest absolute Gasteiger partial charge is 0.497 e. The van der Waals surface area contributed by atoms with Gasteiger partial charge in [0.25, 0.3) is 5.91 Å². The number of benzene rings is 2. The molecule has 6 rings (SSSR count). The van der Waals surface area contributed by atoms with Gasteiger partial charge in [0.1, 0.15) is 17.3 Å². The normalized spacial score (nSPS) is 30.9. The van der Waals surface area contributed by atoms with Gasteiger partial charge in [-0.3, -0.25) is 15.0 Å². The zero-order chi connectivity index (χ0) is 26.8. The van der Waals surface area contributed by atoms with E-state index >= 15 is 0 Å². The molecule has 6 atom stereocenters. The Hall–Kier alpha value is -3.37. The Bertz CT molecular complexity index is 1300. The van der Waals surface area contributed by atoms with Crippen molar-refractivity contribution in [3.05, 3.63) is 47.3 Å². The second-order valence-corrected chi connectivity index (χ2v) is 11.1. The summed E-state index contributed by atoms with van der Waals surface area (Å²) < 4.78 is 25.8. The van der Waals surface area contributed by atoms with Crippen molar-refractivity contribution in [2.75, 3.05) is 38.9 Å². The highest BCUT2D eigenvalue weighted by molar-refractivity contribution is 6.09. The molecule has 3 fully saturated rings. The first kappa shape index (κ1) is 24.9. The lowest BCUT2D eigenvalue weighted by Gasteiger charge is -2.34. The highest BCUT2D eigenvalue weighted by atomic mass is 19.1. The van der Waals surface area contributed by atoms with Crippen LogP contribution in [0.5, 0.6) is 11.5 Å². The zero-order valence-electron chi connectivity index (χ0n) is 22.1. The number of hydrogen-bond donors (Lipinski definition) is 4. The summed E-state index contributed by atoms with van der Waals surface area (Å²) in [5.74, 6) is 1.30. The van der Waals surface area contributed by atoms with Crippen LogP contribution in [0.3, 0.4) is 0 Å². The summed E-state index contributed by atoms with van der Waals surface area (Å²) in [7, 11) is 6.33. The fourth-order valence-corrected chi connectivity index (χ4v) is 6.92. The zero-order valence-corrected chi connectivity index (χ0v) is 22.1. The molecule has 2 saturated carbocycles. The number of ether oxygens (including phenoxy) is 2. The minimum Gasteiger partial charge on any atom is -0.497 e. The van der Waals surface area contributed by atoms with E-state index in [0.717, 1.165) is 42.7 Å². The average Bonchev–Trinajstić information content (AvgIpc) is 3.46. The number of halogens is 1. The quantitative estimate of drug-likeness (QED) is 0.461. The molecular formula is C28H34FN5O4. The average molecular weight is 524 g/mol. The van der Waals surface area contributed by atoms with Crippen molar-refractivity contribution >= 4 is 23.2 Å². The van der Waals surface area contributed by atoms with Crippen molar-refractivity contribution in [1.29, 1.82) is 0 Å². The Balaban J connectivity index is 1.15. The maximum absolute atomic E-state index is 14.8. The summed E-state index contributed by atoms with van der Waals surface area (Å²) in [6.45, 7) is 0. The van der Waals surface area contributed by atoms with Gasteiger partial charge in [0.2, 0.25) is 5.91 Å². The highest BCUT2D eigenvalue weighted by Crippen LogP contribution is 2.65. The van der Waals surface area contributed by atoms with Crippen LogP contribution in [0.1, 0.15) is 41.6 Å². The molecule has 202 valence electrons. The van der Waals surface area contributed by atoms with E-state index in [-0.39, 0.29) is 29.6 Å². The fourth-order valence-electron chi connectivity index (χ4n) is 6.92. The topological polar surface area (TPSA) is 104 Å². The highest BCUT2D eigenvalue weighted by Gasteiger charge is 2.67. The van der Waals surface area contributed by atoms with Crippen LogP contribution in [-0.4, -0.2) is 57.2 Å². The predicted molar refractivity (Wildman–Crippen MR) is 141 cm³/mol. The van der Waals surface area contributed by atoms with Crippen LogP contribution in [-0.2, 0) is 10.2 Å². The van der Waals surface area contributed by atoms with E-state index in [1.807, 2.05) is 18.2 Å². The third-order valence-corrected chi connectivity index (χ3v) is 8.98. The second kappa shape index (κ2) is 9.13. The molecule has 0 radical (unpaired) electrons. The van der Waals surface area contributed by atoms with Crippen molar-refractivity contribution in [3.8, 4) is 11.5 Å². The molecule has 10 heteroatoms. The van der Waals surface area contributed by atoms with Crippen LogP contribution in [0, 0.1) is 23.6 Å². The van der Waals surface area contributed by atoms with Gasteiger partial charge in [-0.2, -0.15) is 0 Å².